The highest BCUT2D eigenvalue weighted by molar-refractivity contribution is 9.10. The second-order valence-electron chi connectivity index (χ2n) is 3.44. The summed E-state index contributed by atoms with van der Waals surface area (Å²) in [6, 6.07) is 7.89. The normalized spacial score (nSPS) is 12.1. The van der Waals surface area contributed by atoms with Crippen LogP contribution in [0, 0.1) is 0 Å². The molecule has 94 valence electrons. The summed E-state index contributed by atoms with van der Waals surface area (Å²) < 4.78 is 11.9. The van der Waals surface area contributed by atoms with Gasteiger partial charge in [0, 0.05) is 17.7 Å². The molecule has 0 spiro atoms. The molecule has 3 nitrogen and oxygen atoms in total. The highest BCUT2D eigenvalue weighted by atomic mass is 79.9. The molecule has 0 unspecified atom stereocenters. The Morgan fingerprint density at radius 1 is 1.24 bits per heavy atom. The number of nitrogens with two attached hydrogens (primary N) is 1. The molecule has 0 aliphatic rings. The van der Waals surface area contributed by atoms with Gasteiger partial charge in [-0.15, -0.1) is 0 Å². The number of hydrogen-bond acceptors (Lipinski definition) is 3. The molecule has 4 heteroatoms. The molecule has 0 saturated heterocycles. The van der Waals surface area contributed by atoms with Crippen molar-refractivity contribution in [2.75, 3.05) is 13.2 Å². The SMILES string of the molecule is CCOC(OCC)C(N)=Cc1ccc(Br)cc1. The Bertz CT molecular complexity index is 356. The molecule has 0 heterocycles. The highest BCUT2D eigenvalue weighted by Gasteiger charge is 2.10. The Hall–Kier alpha value is -0.840. The second kappa shape index (κ2) is 7.48. The van der Waals surface area contributed by atoms with E-state index in [0.717, 1.165) is 10.0 Å². The molecule has 0 radical (unpaired) electrons. The van der Waals surface area contributed by atoms with Crippen LogP contribution in [0.15, 0.2) is 34.4 Å². The van der Waals surface area contributed by atoms with Crippen LogP contribution >= 0.6 is 15.9 Å². The molecule has 1 rings (SSSR count). The smallest absolute Gasteiger partial charge is 0.198 e. The summed E-state index contributed by atoms with van der Waals surface area (Å²) in [5.74, 6) is 0. The molecule has 0 atom stereocenters. The lowest BCUT2D eigenvalue weighted by molar-refractivity contribution is -0.111. The molecule has 0 bridgehead atoms. The van der Waals surface area contributed by atoms with Gasteiger partial charge in [-0.05, 0) is 37.6 Å². The summed E-state index contributed by atoms with van der Waals surface area (Å²) >= 11 is 3.39. The van der Waals surface area contributed by atoms with Crippen LogP contribution in [0.3, 0.4) is 0 Å². The first-order valence-electron chi connectivity index (χ1n) is 5.63. The lowest BCUT2D eigenvalue weighted by Gasteiger charge is -2.17. The number of benzene rings is 1. The first-order chi connectivity index (χ1) is 8.17. The van der Waals surface area contributed by atoms with Crippen LogP contribution in [0.1, 0.15) is 19.4 Å². The maximum Gasteiger partial charge on any atom is 0.198 e. The number of rotatable bonds is 6. The fourth-order valence-corrected chi connectivity index (χ4v) is 1.63. The van der Waals surface area contributed by atoms with Gasteiger partial charge < -0.3 is 15.2 Å². The zero-order valence-electron chi connectivity index (χ0n) is 10.2. The summed E-state index contributed by atoms with van der Waals surface area (Å²) in [5.41, 5.74) is 7.56. The maximum absolute atomic E-state index is 5.96. The van der Waals surface area contributed by atoms with Gasteiger partial charge in [0.25, 0.3) is 0 Å². The van der Waals surface area contributed by atoms with Crippen LogP contribution in [0.2, 0.25) is 0 Å². The van der Waals surface area contributed by atoms with E-state index in [1.54, 1.807) is 0 Å². The number of halogens is 1. The molecule has 0 aromatic heterocycles. The quantitative estimate of drug-likeness (QED) is 0.821. The van der Waals surface area contributed by atoms with E-state index in [0.29, 0.717) is 18.9 Å². The molecule has 1 aromatic carbocycles. The standard InChI is InChI=1S/C13H18BrNO2/c1-3-16-13(17-4-2)12(15)9-10-5-7-11(14)8-6-10/h5-9,13H,3-4,15H2,1-2H3. The molecule has 0 aliphatic heterocycles. The van der Waals surface area contributed by atoms with Crippen LogP contribution < -0.4 is 5.73 Å². The molecule has 17 heavy (non-hydrogen) atoms. The van der Waals surface area contributed by atoms with Crippen molar-refractivity contribution in [3.05, 3.63) is 40.0 Å². The Kier molecular flexibility index (Phi) is 6.26. The van der Waals surface area contributed by atoms with Crippen molar-refractivity contribution in [2.24, 2.45) is 5.73 Å². The number of hydrogen-bond donors (Lipinski definition) is 1. The van der Waals surface area contributed by atoms with Gasteiger partial charge in [0.2, 0.25) is 0 Å². The summed E-state index contributed by atoms with van der Waals surface area (Å²) in [4.78, 5) is 0. The molecule has 2 N–H and O–H groups in total. The first-order valence-corrected chi connectivity index (χ1v) is 6.42. The van der Waals surface area contributed by atoms with Gasteiger partial charge in [0.1, 0.15) is 0 Å². The van der Waals surface area contributed by atoms with Gasteiger partial charge in [-0.2, -0.15) is 0 Å². The van der Waals surface area contributed by atoms with Crippen molar-refractivity contribution in [3.63, 3.8) is 0 Å². The minimum absolute atomic E-state index is 0.464. The third-order valence-electron chi connectivity index (χ3n) is 2.11. The Morgan fingerprint density at radius 2 is 1.76 bits per heavy atom. The van der Waals surface area contributed by atoms with Crippen LogP contribution in [0.4, 0.5) is 0 Å². The van der Waals surface area contributed by atoms with Crippen molar-refractivity contribution in [1.82, 2.24) is 0 Å². The summed E-state index contributed by atoms with van der Waals surface area (Å²) in [7, 11) is 0. The van der Waals surface area contributed by atoms with Gasteiger partial charge in [-0.25, -0.2) is 0 Å². The summed E-state index contributed by atoms with van der Waals surface area (Å²) in [6.07, 6.45) is 1.40. The van der Waals surface area contributed by atoms with Gasteiger partial charge in [-0.1, -0.05) is 28.1 Å². The second-order valence-corrected chi connectivity index (χ2v) is 4.35. The largest absolute Gasteiger partial charge is 0.398 e. The zero-order chi connectivity index (χ0) is 12.7. The van der Waals surface area contributed by atoms with E-state index in [4.69, 9.17) is 15.2 Å². The van der Waals surface area contributed by atoms with Crippen LogP contribution in [0.25, 0.3) is 6.08 Å². The molecule has 0 fully saturated rings. The van der Waals surface area contributed by atoms with E-state index in [1.165, 1.54) is 0 Å². The van der Waals surface area contributed by atoms with Gasteiger partial charge >= 0.3 is 0 Å². The fraction of sp³-hybridized carbons (Fsp3) is 0.385. The van der Waals surface area contributed by atoms with E-state index in [9.17, 15) is 0 Å². The minimum Gasteiger partial charge on any atom is -0.398 e. The van der Waals surface area contributed by atoms with Crippen molar-refractivity contribution in [3.8, 4) is 0 Å². The van der Waals surface area contributed by atoms with Gasteiger partial charge in [-0.3, -0.25) is 0 Å². The summed E-state index contributed by atoms with van der Waals surface area (Å²) in [6.45, 7) is 4.97. The van der Waals surface area contributed by atoms with Gasteiger partial charge in [0.05, 0.1) is 5.70 Å². The summed E-state index contributed by atoms with van der Waals surface area (Å²) in [5, 5.41) is 0. The predicted octanol–water partition coefficient (Wildman–Crippen LogP) is 3.15. The Morgan fingerprint density at radius 3 is 2.24 bits per heavy atom. The monoisotopic (exact) mass is 299 g/mol. The Labute approximate surface area is 111 Å². The molecular weight excluding hydrogens is 282 g/mol. The van der Waals surface area contributed by atoms with Crippen LogP contribution in [0.5, 0.6) is 0 Å². The lowest BCUT2D eigenvalue weighted by atomic mass is 10.2. The average molecular weight is 300 g/mol. The van der Waals surface area contributed by atoms with Crippen molar-refractivity contribution in [1.29, 1.82) is 0 Å². The van der Waals surface area contributed by atoms with E-state index in [2.05, 4.69) is 15.9 Å². The highest BCUT2D eigenvalue weighted by Crippen LogP contribution is 2.14. The first kappa shape index (κ1) is 14.2. The molecule has 0 aliphatic carbocycles. The molecular formula is C13H18BrNO2. The maximum atomic E-state index is 5.96. The minimum atomic E-state index is -0.464. The lowest BCUT2D eigenvalue weighted by Crippen LogP contribution is -2.24. The third-order valence-corrected chi connectivity index (χ3v) is 2.64. The van der Waals surface area contributed by atoms with Crippen LogP contribution in [-0.4, -0.2) is 19.5 Å². The van der Waals surface area contributed by atoms with Crippen LogP contribution in [-0.2, 0) is 9.47 Å². The molecule has 1 aromatic rings. The average Bonchev–Trinajstić information content (AvgIpc) is 2.32. The molecule has 0 saturated carbocycles. The Balaban J connectivity index is 2.77. The van der Waals surface area contributed by atoms with Crippen molar-refractivity contribution >= 4 is 22.0 Å². The van der Waals surface area contributed by atoms with E-state index in [1.807, 2.05) is 44.2 Å². The molecule has 0 amide bonds. The van der Waals surface area contributed by atoms with Crippen molar-refractivity contribution in [2.45, 2.75) is 20.1 Å². The topological polar surface area (TPSA) is 44.5 Å². The third kappa shape index (κ3) is 4.89. The van der Waals surface area contributed by atoms with E-state index in [-0.39, 0.29) is 0 Å². The van der Waals surface area contributed by atoms with Gasteiger partial charge in [0.15, 0.2) is 6.29 Å². The number of ether oxygens (including phenoxy) is 2. The van der Waals surface area contributed by atoms with E-state index < -0.39 is 6.29 Å². The zero-order valence-corrected chi connectivity index (χ0v) is 11.7. The van der Waals surface area contributed by atoms with E-state index >= 15 is 0 Å². The van der Waals surface area contributed by atoms with Crippen molar-refractivity contribution < 1.29 is 9.47 Å². The predicted molar refractivity (Wildman–Crippen MR) is 73.3 cm³/mol. The fourth-order valence-electron chi connectivity index (χ4n) is 1.36.